The van der Waals surface area contributed by atoms with E-state index in [1.807, 2.05) is 0 Å². The first kappa shape index (κ1) is 23.7. The minimum absolute atomic E-state index is 0.00117. The summed E-state index contributed by atoms with van der Waals surface area (Å²) in [4.78, 5) is 21.9. The molecule has 9 heteroatoms. The largest absolute Gasteiger partial charge is 0.491 e. The number of nitrogens with one attached hydrogen (secondary N) is 1. The van der Waals surface area contributed by atoms with Gasteiger partial charge in [0.2, 0.25) is 0 Å². The molecule has 0 aromatic heterocycles. The second-order valence-electron chi connectivity index (χ2n) is 6.39. The van der Waals surface area contributed by atoms with E-state index >= 15 is 0 Å². The van der Waals surface area contributed by atoms with Crippen molar-refractivity contribution in [3.8, 4) is 17.6 Å². The highest BCUT2D eigenvalue weighted by molar-refractivity contribution is 5.71. The van der Waals surface area contributed by atoms with Gasteiger partial charge in [-0.15, -0.1) is 0 Å². The van der Waals surface area contributed by atoms with E-state index in [2.05, 4.69) is 17.2 Å². The fourth-order valence-electron chi connectivity index (χ4n) is 2.37. The number of carbonyl (C=O) groups excluding carboxylic acids is 1. The molecule has 31 heavy (non-hydrogen) atoms. The predicted octanol–water partition coefficient (Wildman–Crippen LogP) is 1.82. The topological polar surface area (TPSA) is 114 Å². The molecule has 1 fully saturated rings. The Kier molecular flexibility index (Phi) is 9.29. The molecule has 0 saturated carbocycles. The van der Waals surface area contributed by atoms with Gasteiger partial charge in [0.15, 0.2) is 5.60 Å². The maximum atomic E-state index is 12.8. The van der Waals surface area contributed by atoms with Gasteiger partial charge in [-0.05, 0) is 48.6 Å². The number of hydrogen-bond donors (Lipinski definition) is 3. The minimum atomic E-state index is -1.12. The lowest BCUT2D eigenvalue weighted by molar-refractivity contribution is -0.143. The molecule has 1 aliphatic heterocycles. The average molecular weight is 431 g/mol. The van der Waals surface area contributed by atoms with E-state index in [4.69, 9.17) is 19.3 Å². The van der Waals surface area contributed by atoms with E-state index in [1.54, 1.807) is 18.2 Å². The maximum Gasteiger partial charge on any atom is 0.408 e. The van der Waals surface area contributed by atoms with Crippen molar-refractivity contribution in [2.24, 2.45) is 0 Å². The van der Waals surface area contributed by atoms with Gasteiger partial charge >= 0.3 is 12.1 Å². The van der Waals surface area contributed by atoms with Crippen molar-refractivity contribution in [2.75, 3.05) is 26.4 Å². The van der Waals surface area contributed by atoms with Crippen molar-refractivity contribution in [1.29, 1.82) is 0 Å². The summed E-state index contributed by atoms with van der Waals surface area (Å²) in [5, 5.41) is 20.9. The molecular formula is C22H22FNO7. The van der Waals surface area contributed by atoms with Gasteiger partial charge in [0.25, 0.3) is 0 Å². The Hall–Kier alpha value is -3.61. The van der Waals surface area contributed by atoms with E-state index in [0.717, 1.165) is 0 Å². The number of amides is 1. The van der Waals surface area contributed by atoms with Crippen LogP contribution in [0.2, 0.25) is 0 Å². The molecule has 1 saturated heterocycles. The van der Waals surface area contributed by atoms with Gasteiger partial charge in [0.05, 0.1) is 13.2 Å². The quantitative estimate of drug-likeness (QED) is 0.382. The molecule has 0 radical (unpaired) electrons. The maximum absolute atomic E-state index is 12.8. The molecule has 8 nitrogen and oxygen atoms in total. The lowest BCUT2D eigenvalue weighted by atomic mass is 10.1. The Morgan fingerprint density at radius 3 is 2.71 bits per heavy atom. The minimum Gasteiger partial charge on any atom is -0.491 e. The molecule has 1 heterocycles. The monoisotopic (exact) mass is 431 g/mol. The summed E-state index contributed by atoms with van der Waals surface area (Å²) in [6, 6.07) is 5.47. The van der Waals surface area contributed by atoms with Crippen LogP contribution in [0, 0.1) is 17.7 Å². The fourth-order valence-corrected chi connectivity index (χ4v) is 2.37. The number of aliphatic carboxylic acids is 1. The molecule has 2 unspecified atom stereocenters. The normalized spacial score (nSPS) is 19.2. The SMILES string of the molecule is O=C(O)COCC1(C=CC=CC#CC=CC(O)COc2ccc(F)cc2)CNC(=O)O1. The van der Waals surface area contributed by atoms with Crippen molar-refractivity contribution < 1.29 is 38.4 Å². The molecule has 2 atom stereocenters. The number of rotatable bonds is 10. The smallest absolute Gasteiger partial charge is 0.408 e. The number of cyclic esters (lactones) is 1. The molecule has 0 aliphatic carbocycles. The summed E-state index contributed by atoms with van der Waals surface area (Å²) in [6.07, 6.45) is 7.77. The number of aliphatic hydroxyl groups is 1. The van der Waals surface area contributed by atoms with Crippen LogP contribution in [0.25, 0.3) is 0 Å². The predicted molar refractivity (Wildman–Crippen MR) is 109 cm³/mol. The lowest BCUT2D eigenvalue weighted by Gasteiger charge is -2.21. The number of ether oxygens (including phenoxy) is 3. The molecule has 2 rings (SSSR count). The van der Waals surface area contributed by atoms with E-state index in [9.17, 15) is 19.1 Å². The number of aliphatic hydroxyl groups excluding tert-OH is 1. The van der Waals surface area contributed by atoms with Crippen molar-refractivity contribution in [1.82, 2.24) is 5.32 Å². The number of benzene rings is 1. The molecule has 0 bridgehead atoms. The van der Waals surface area contributed by atoms with Gasteiger partial charge in [-0.1, -0.05) is 24.0 Å². The average Bonchev–Trinajstić information content (AvgIpc) is 3.10. The summed E-state index contributed by atoms with van der Waals surface area (Å²) in [5.41, 5.74) is -1.08. The Morgan fingerprint density at radius 1 is 1.29 bits per heavy atom. The van der Waals surface area contributed by atoms with Gasteiger partial charge < -0.3 is 29.7 Å². The molecule has 3 N–H and O–H groups in total. The van der Waals surface area contributed by atoms with Crippen LogP contribution >= 0.6 is 0 Å². The zero-order valence-corrected chi connectivity index (χ0v) is 16.5. The summed E-state index contributed by atoms with van der Waals surface area (Å²) in [6.45, 7) is -0.445. The Balaban J connectivity index is 1.76. The van der Waals surface area contributed by atoms with E-state index < -0.39 is 30.4 Å². The standard InChI is InChI=1S/C22H22FNO7/c23-17-8-10-19(11-9-17)30-13-18(25)7-5-3-1-2-4-6-12-22(15-24-21(28)31-22)16-29-14-20(26)27/h2,4-12,18,25H,13-16H2,(H,24,28)(H,26,27). The summed E-state index contributed by atoms with van der Waals surface area (Å²) >= 11 is 0. The zero-order chi connectivity index (χ0) is 22.5. The molecule has 1 aromatic carbocycles. The third-order valence-electron chi connectivity index (χ3n) is 3.81. The Labute approximate surface area is 178 Å². The van der Waals surface area contributed by atoms with Gasteiger partial charge in [-0.2, -0.15) is 0 Å². The van der Waals surface area contributed by atoms with Crippen molar-refractivity contribution in [2.45, 2.75) is 11.7 Å². The fraction of sp³-hybridized carbons (Fsp3) is 0.273. The number of carboxylic acid groups (broad SMARTS) is 1. The van der Waals surface area contributed by atoms with Crippen molar-refractivity contribution in [3.63, 3.8) is 0 Å². The summed E-state index contributed by atoms with van der Waals surface area (Å²) < 4.78 is 28.3. The van der Waals surface area contributed by atoms with Crippen molar-refractivity contribution in [3.05, 3.63) is 66.5 Å². The molecule has 1 aliphatic rings. The van der Waals surface area contributed by atoms with Gasteiger partial charge in [0.1, 0.15) is 30.9 Å². The number of carbonyl (C=O) groups is 2. The summed E-state index contributed by atoms with van der Waals surface area (Å²) in [7, 11) is 0. The first-order valence-electron chi connectivity index (χ1n) is 9.23. The Bertz CT molecular complexity index is 899. The van der Waals surface area contributed by atoms with Crippen LogP contribution in [0.1, 0.15) is 0 Å². The molecule has 1 amide bonds. The third kappa shape index (κ3) is 9.16. The Morgan fingerprint density at radius 2 is 2.03 bits per heavy atom. The van der Waals surface area contributed by atoms with Crippen LogP contribution in [0.3, 0.4) is 0 Å². The molecule has 0 spiro atoms. The number of carboxylic acids is 1. The lowest BCUT2D eigenvalue weighted by Crippen LogP contribution is -2.37. The highest BCUT2D eigenvalue weighted by Crippen LogP contribution is 2.19. The second-order valence-corrected chi connectivity index (χ2v) is 6.39. The molecule has 1 aromatic rings. The van der Waals surface area contributed by atoms with E-state index in [1.165, 1.54) is 42.5 Å². The van der Waals surface area contributed by atoms with Crippen LogP contribution in [0.15, 0.2) is 60.7 Å². The summed E-state index contributed by atoms with van der Waals surface area (Å²) in [5.74, 6) is 4.40. The first-order chi connectivity index (χ1) is 14.9. The van der Waals surface area contributed by atoms with Crippen molar-refractivity contribution >= 4 is 12.1 Å². The van der Waals surface area contributed by atoms with E-state index in [0.29, 0.717) is 5.75 Å². The van der Waals surface area contributed by atoms with Crippen LogP contribution in [-0.2, 0) is 14.3 Å². The number of halogens is 1. The zero-order valence-electron chi connectivity index (χ0n) is 16.5. The highest BCUT2D eigenvalue weighted by Gasteiger charge is 2.38. The van der Waals surface area contributed by atoms with Crippen LogP contribution in [0.5, 0.6) is 5.75 Å². The third-order valence-corrected chi connectivity index (χ3v) is 3.81. The number of allylic oxidation sites excluding steroid dienone is 4. The van der Waals surface area contributed by atoms with Crippen LogP contribution in [-0.4, -0.2) is 60.3 Å². The van der Waals surface area contributed by atoms with Crippen LogP contribution in [0.4, 0.5) is 9.18 Å². The second kappa shape index (κ2) is 12.2. The van der Waals surface area contributed by atoms with Gasteiger partial charge in [-0.3, -0.25) is 0 Å². The van der Waals surface area contributed by atoms with Crippen LogP contribution < -0.4 is 10.1 Å². The van der Waals surface area contributed by atoms with E-state index in [-0.39, 0.29) is 25.6 Å². The van der Waals surface area contributed by atoms with Gasteiger partial charge in [-0.25, -0.2) is 14.0 Å². The molecule has 164 valence electrons. The number of hydrogen-bond acceptors (Lipinski definition) is 6. The highest BCUT2D eigenvalue weighted by atomic mass is 19.1. The first-order valence-corrected chi connectivity index (χ1v) is 9.23. The van der Waals surface area contributed by atoms with Gasteiger partial charge in [0, 0.05) is 0 Å². The molecular weight excluding hydrogens is 409 g/mol. The number of alkyl carbamates (subject to hydrolysis) is 1.